The van der Waals surface area contributed by atoms with Gasteiger partial charge in [-0.3, -0.25) is 0 Å². The van der Waals surface area contributed by atoms with Crippen LogP contribution < -0.4 is 0 Å². The van der Waals surface area contributed by atoms with Gasteiger partial charge in [0.05, 0.1) is 0 Å². The second kappa shape index (κ2) is 2.28. The Balaban J connectivity index is 2.34. The van der Waals surface area contributed by atoms with Crippen LogP contribution in [0.15, 0.2) is 34.4 Å². The Kier molecular flexibility index (Phi) is 1.42. The summed E-state index contributed by atoms with van der Waals surface area (Å²) < 4.78 is 0. The smallest absolute Gasteiger partial charge is 0.0187 e. The molecule has 0 heterocycles. The third-order valence-corrected chi connectivity index (χ3v) is 2.33. The minimum absolute atomic E-state index is 1.02. The van der Waals surface area contributed by atoms with Crippen molar-refractivity contribution in [3.63, 3.8) is 0 Å². The van der Waals surface area contributed by atoms with E-state index in [1.165, 1.54) is 11.1 Å². The average molecular weight is 153 g/mol. The van der Waals surface area contributed by atoms with Gasteiger partial charge in [-0.1, -0.05) is 23.8 Å². The van der Waals surface area contributed by atoms with Crippen molar-refractivity contribution >= 4 is 11.6 Å². The van der Waals surface area contributed by atoms with Gasteiger partial charge in [-0.25, -0.2) is 0 Å². The predicted molar refractivity (Wildman–Crippen MR) is 44.0 cm³/mol. The quantitative estimate of drug-likeness (QED) is 0.500. The Morgan fingerprint density at radius 2 is 2.10 bits per heavy atom. The molecule has 0 aromatic heterocycles. The van der Waals surface area contributed by atoms with Crippen LogP contribution in [0.4, 0.5) is 0 Å². The molecule has 1 heteroatoms. The molecule has 0 amide bonds. The molecule has 10 heavy (non-hydrogen) atoms. The summed E-state index contributed by atoms with van der Waals surface area (Å²) in [5.41, 5.74) is 2.92. The minimum Gasteiger partial charge on any atom is -0.0891 e. The van der Waals surface area contributed by atoms with Gasteiger partial charge in [0, 0.05) is 5.03 Å². The van der Waals surface area contributed by atoms with E-state index in [0.717, 1.165) is 24.3 Å². The van der Waals surface area contributed by atoms with Crippen LogP contribution >= 0.6 is 11.6 Å². The molecular formula is C9H9Cl. The van der Waals surface area contributed by atoms with Crippen LogP contribution in [0.25, 0.3) is 0 Å². The van der Waals surface area contributed by atoms with Crippen molar-refractivity contribution in [1.82, 2.24) is 0 Å². The van der Waals surface area contributed by atoms with Crippen LogP contribution in [0.2, 0.25) is 0 Å². The summed E-state index contributed by atoms with van der Waals surface area (Å²) in [5, 5.41) is 1.02. The normalized spacial score (nSPS) is 23.1. The van der Waals surface area contributed by atoms with E-state index >= 15 is 0 Å². The second-order valence-electron chi connectivity index (χ2n) is 2.75. The molecule has 0 aliphatic heterocycles. The lowest BCUT2D eigenvalue weighted by Crippen LogP contribution is -1.90. The Labute approximate surface area is 65.9 Å². The molecule has 2 aliphatic rings. The number of hydrogen-bond acceptors (Lipinski definition) is 0. The fourth-order valence-electron chi connectivity index (χ4n) is 1.48. The molecule has 0 fully saturated rings. The molecule has 0 bridgehead atoms. The molecule has 0 nitrogen and oxygen atoms in total. The molecular weight excluding hydrogens is 144 g/mol. The van der Waals surface area contributed by atoms with Crippen LogP contribution in [0.3, 0.4) is 0 Å². The van der Waals surface area contributed by atoms with Crippen LogP contribution in [0.5, 0.6) is 0 Å². The molecule has 0 saturated heterocycles. The van der Waals surface area contributed by atoms with Crippen molar-refractivity contribution < 1.29 is 0 Å². The van der Waals surface area contributed by atoms with E-state index in [1.54, 1.807) is 0 Å². The molecule has 0 spiro atoms. The first-order chi connectivity index (χ1) is 4.86. The van der Waals surface area contributed by atoms with E-state index < -0.39 is 0 Å². The molecule has 0 aromatic rings. The van der Waals surface area contributed by atoms with Crippen LogP contribution in [0.1, 0.15) is 19.3 Å². The number of halogens is 1. The van der Waals surface area contributed by atoms with E-state index in [1.807, 2.05) is 0 Å². The average Bonchev–Trinajstić information content (AvgIpc) is 2.33. The lowest BCUT2D eigenvalue weighted by molar-refractivity contribution is 0.957. The van der Waals surface area contributed by atoms with Gasteiger partial charge < -0.3 is 0 Å². The Hall–Kier alpha value is -0.490. The zero-order chi connectivity index (χ0) is 6.97. The fourth-order valence-corrected chi connectivity index (χ4v) is 1.70. The van der Waals surface area contributed by atoms with Gasteiger partial charge in [-0.15, -0.1) is 0 Å². The maximum absolute atomic E-state index is 5.88. The zero-order valence-electron chi connectivity index (χ0n) is 5.73. The molecule has 0 aromatic carbocycles. The van der Waals surface area contributed by atoms with Gasteiger partial charge >= 0.3 is 0 Å². The van der Waals surface area contributed by atoms with Gasteiger partial charge in [-0.2, -0.15) is 0 Å². The number of hydrogen-bond donors (Lipinski definition) is 0. The zero-order valence-corrected chi connectivity index (χ0v) is 6.49. The predicted octanol–water partition coefficient (Wildman–Crippen LogP) is 3.16. The second-order valence-corrected chi connectivity index (χ2v) is 3.23. The minimum atomic E-state index is 1.02. The van der Waals surface area contributed by atoms with Crippen molar-refractivity contribution in [1.29, 1.82) is 0 Å². The number of allylic oxidation sites excluding steroid dienone is 6. The first-order valence-electron chi connectivity index (χ1n) is 3.61. The van der Waals surface area contributed by atoms with Gasteiger partial charge in [0.25, 0.3) is 0 Å². The molecule has 0 atom stereocenters. The van der Waals surface area contributed by atoms with E-state index in [-0.39, 0.29) is 0 Å². The molecule has 2 rings (SSSR count). The summed E-state index contributed by atoms with van der Waals surface area (Å²) in [6.07, 6.45) is 9.80. The van der Waals surface area contributed by atoms with E-state index in [9.17, 15) is 0 Å². The Morgan fingerprint density at radius 1 is 1.20 bits per heavy atom. The Morgan fingerprint density at radius 3 is 3.00 bits per heavy atom. The summed E-state index contributed by atoms with van der Waals surface area (Å²) >= 11 is 5.88. The van der Waals surface area contributed by atoms with Crippen molar-refractivity contribution in [3.8, 4) is 0 Å². The van der Waals surface area contributed by atoms with Crippen LogP contribution in [-0.4, -0.2) is 0 Å². The maximum Gasteiger partial charge on any atom is 0.0187 e. The largest absolute Gasteiger partial charge is 0.0891 e. The van der Waals surface area contributed by atoms with Gasteiger partial charge in [0.2, 0.25) is 0 Å². The monoisotopic (exact) mass is 152 g/mol. The fraction of sp³-hybridized carbons (Fsp3) is 0.333. The summed E-state index contributed by atoms with van der Waals surface area (Å²) in [4.78, 5) is 0. The van der Waals surface area contributed by atoms with Gasteiger partial charge in [0.15, 0.2) is 0 Å². The van der Waals surface area contributed by atoms with E-state index in [0.29, 0.717) is 0 Å². The lowest BCUT2D eigenvalue weighted by Gasteiger charge is -2.09. The topological polar surface area (TPSA) is 0 Å². The first kappa shape index (κ1) is 6.23. The molecule has 0 radical (unpaired) electrons. The van der Waals surface area contributed by atoms with Gasteiger partial charge in [0.1, 0.15) is 0 Å². The van der Waals surface area contributed by atoms with Crippen molar-refractivity contribution in [2.45, 2.75) is 19.3 Å². The van der Waals surface area contributed by atoms with Crippen LogP contribution in [-0.2, 0) is 0 Å². The summed E-state index contributed by atoms with van der Waals surface area (Å²) in [6.45, 7) is 0. The van der Waals surface area contributed by atoms with Crippen molar-refractivity contribution in [2.75, 3.05) is 0 Å². The maximum atomic E-state index is 5.88. The van der Waals surface area contributed by atoms with Crippen molar-refractivity contribution in [3.05, 3.63) is 34.4 Å². The molecule has 52 valence electrons. The van der Waals surface area contributed by atoms with Crippen LogP contribution in [0, 0.1) is 0 Å². The number of rotatable bonds is 0. The third kappa shape index (κ3) is 0.929. The first-order valence-corrected chi connectivity index (χ1v) is 3.99. The van der Waals surface area contributed by atoms with Crippen molar-refractivity contribution in [2.24, 2.45) is 0 Å². The third-order valence-electron chi connectivity index (χ3n) is 2.03. The summed E-state index contributed by atoms with van der Waals surface area (Å²) in [6, 6.07) is 0. The molecule has 0 saturated carbocycles. The molecule has 2 aliphatic carbocycles. The highest BCUT2D eigenvalue weighted by molar-refractivity contribution is 6.29. The highest BCUT2D eigenvalue weighted by Crippen LogP contribution is 2.32. The molecule has 0 unspecified atom stereocenters. The summed E-state index contributed by atoms with van der Waals surface area (Å²) in [7, 11) is 0. The highest BCUT2D eigenvalue weighted by Gasteiger charge is 2.12. The SMILES string of the molecule is ClC1=CC2=C(C=CC2)CC1. The molecule has 0 N–H and O–H groups in total. The van der Waals surface area contributed by atoms with E-state index in [4.69, 9.17) is 11.6 Å². The highest BCUT2D eigenvalue weighted by atomic mass is 35.5. The van der Waals surface area contributed by atoms with E-state index in [2.05, 4.69) is 18.2 Å². The standard InChI is InChI=1S/C9H9Cl/c10-9-5-4-7-2-1-3-8(7)6-9/h1-2,6H,3-5H2. The Bertz CT molecular complexity index is 243. The summed E-state index contributed by atoms with van der Waals surface area (Å²) in [5.74, 6) is 0. The van der Waals surface area contributed by atoms with Gasteiger partial charge in [-0.05, 0) is 36.5 Å². The lowest BCUT2D eigenvalue weighted by atomic mass is 10.0.